The molecule has 2 aromatic rings. The Morgan fingerprint density at radius 2 is 2.10 bits per heavy atom. The Labute approximate surface area is 235 Å². The van der Waals surface area contributed by atoms with Crippen LogP contribution >= 0.6 is 23.3 Å². The largest absolute Gasteiger partial charge is 0.478 e. The first-order chi connectivity index (χ1) is 19.0. The minimum Gasteiger partial charge on any atom is -0.478 e. The van der Waals surface area contributed by atoms with Crippen molar-refractivity contribution in [3.05, 3.63) is 29.2 Å². The third kappa shape index (κ3) is 4.99. The second-order valence-electron chi connectivity index (χ2n) is 9.78. The van der Waals surface area contributed by atoms with Crippen LogP contribution < -0.4 is 15.6 Å². The molecule has 212 valence electrons. The number of nitrogens with two attached hydrogens (primary N) is 1. The number of aryl methyl sites for hydroxylation is 1. The molecule has 5 N–H and O–H groups in total. The summed E-state index contributed by atoms with van der Waals surface area (Å²) in [5, 5.41) is 29.3. The molecule has 3 aliphatic heterocycles. The number of aliphatic carboxylic acids is 2. The number of hydrogen-bond acceptors (Lipinski definition) is 12. The number of amides is 2. The Bertz CT molecular complexity index is 1460. The van der Waals surface area contributed by atoms with Crippen LogP contribution in [-0.2, 0) is 43.5 Å². The van der Waals surface area contributed by atoms with Crippen molar-refractivity contribution in [2.24, 2.45) is 5.16 Å². The number of carboxylic acids is 2. The minimum atomic E-state index is -1.78. The van der Waals surface area contributed by atoms with Crippen molar-refractivity contribution in [2.75, 3.05) is 11.5 Å². The lowest BCUT2D eigenvalue weighted by Crippen LogP contribution is -2.71. The van der Waals surface area contributed by atoms with Gasteiger partial charge in [-0.15, -0.1) is 16.4 Å². The second kappa shape index (κ2) is 10.5. The van der Waals surface area contributed by atoms with Gasteiger partial charge in [0.1, 0.15) is 23.7 Å². The molecule has 0 unspecified atom stereocenters. The van der Waals surface area contributed by atoms with Crippen LogP contribution in [0.4, 0.5) is 5.13 Å². The predicted molar refractivity (Wildman–Crippen MR) is 139 cm³/mol. The van der Waals surface area contributed by atoms with Crippen LogP contribution in [0.2, 0.25) is 0 Å². The molecular weight excluding hydrogens is 566 g/mol. The first-order valence-corrected chi connectivity index (χ1v) is 14.0. The smallest absolute Gasteiger partial charge is 0.352 e. The molecule has 0 aromatic carbocycles. The molecule has 0 radical (unpaired) electrons. The zero-order valence-electron chi connectivity index (χ0n) is 21.4. The minimum absolute atomic E-state index is 0.0306. The topological polar surface area (TPSA) is 219 Å². The molecule has 3 aliphatic rings. The highest BCUT2D eigenvalue weighted by molar-refractivity contribution is 8.00. The molecule has 18 heteroatoms. The number of nitrogen functional groups attached to an aromatic ring is 1. The van der Waals surface area contributed by atoms with Crippen LogP contribution in [0.1, 0.15) is 38.3 Å². The van der Waals surface area contributed by atoms with Crippen molar-refractivity contribution in [1.29, 1.82) is 0 Å². The standard InChI is InChI=1S/C22H25N9O7S2/c1-22(2,20(36)37)38-27-12(15-26-21(23)40-28-15)16(32)25-13-17(33)31-14(19(34)35)10(8-39-18(13)31)7-29-9-24-30-6-4-3-5-11(29)30/h9,13,18H,3-8H2,1-2H3,(H4-,23,25,26,28,32,34,35,36,37)/p+1/b27-12-/t13-,18-/m1/s1. The van der Waals surface area contributed by atoms with Crippen LogP contribution in [0.3, 0.4) is 0 Å². The Hall–Kier alpha value is -4.06. The molecular formula is C22H26N9O7S2+. The zero-order chi connectivity index (χ0) is 28.8. The molecule has 1 saturated heterocycles. The third-order valence-electron chi connectivity index (χ3n) is 6.63. The average molecular weight is 593 g/mol. The van der Waals surface area contributed by atoms with Crippen LogP contribution in [0.5, 0.6) is 0 Å². The van der Waals surface area contributed by atoms with Gasteiger partial charge in [-0.05, 0) is 26.7 Å². The fourth-order valence-electron chi connectivity index (χ4n) is 4.48. The predicted octanol–water partition coefficient (Wildman–Crippen LogP) is -1.04. The first kappa shape index (κ1) is 27.5. The summed E-state index contributed by atoms with van der Waals surface area (Å²) in [6, 6.07) is -1.07. The van der Waals surface area contributed by atoms with Crippen molar-refractivity contribution < 1.29 is 38.8 Å². The molecule has 40 heavy (non-hydrogen) atoms. The number of thioether (sulfide) groups is 1. The zero-order valence-corrected chi connectivity index (χ0v) is 23.1. The van der Waals surface area contributed by atoms with Gasteiger partial charge < -0.3 is 26.1 Å². The normalized spacial score (nSPS) is 20.9. The number of rotatable bonds is 9. The Balaban J connectivity index is 1.36. The molecule has 1 fully saturated rings. The van der Waals surface area contributed by atoms with Gasteiger partial charge in [-0.25, -0.2) is 14.2 Å². The maximum Gasteiger partial charge on any atom is 0.352 e. The molecule has 5 rings (SSSR count). The van der Waals surface area contributed by atoms with E-state index >= 15 is 0 Å². The summed E-state index contributed by atoms with van der Waals surface area (Å²) >= 11 is 2.11. The number of nitrogens with one attached hydrogen (secondary N) is 1. The molecule has 0 aliphatic carbocycles. The van der Waals surface area contributed by atoms with Gasteiger partial charge in [0.2, 0.25) is 23.0 Å². The fraction of sp³-hybridized carbons (Fsp3) is 0.500. The number of anilines is 1. The maximum atomic E-state index is 13.2. The van der Waals surface area contributed by atoms with Gasteiger partial charge in [-0.2, -0.15) is 9.36 Å². The van der Waals surface area contributed by atoms with E-state index in [4.69, 9.17) is 10.6 Å². The quantitative estimate of drug-likeness (QED) is 0.119. The first-order valence-electron chi connectivity index (χ1n) is 12.2. The van der Waals surface area contributed by atoms with E-state index in [1.165, 1.54) is 30.5 Å². The summed E-state index contributed by atoms with van der Waals surface area (Å²) in [7, 11) is 0. The van der Waals surface area contributed by atoms with Crippen molar-refractivity contribution in [1.82, 2.24) is 29.4 Å². The number of carbonyl (C=O) groups is 4. The number of carboxylic acid groups (broad SMARTS) is 2. The number of aromatic nitrogens is 5. The lowest BCUT2D eigenvalue weighted by molar-refractivity contribution is -0.697. The van der Waals surface area contributed by atoms with Crippen LogP contribution in [0, 0.1) is 0 Å². The van der Waals surface area contributed by atoms with Crippen molar-refractivity contribution in [3.8, 4) is 0 Å². The van der Waals surface area contributed by atoms with E-state index in [1.807, 2.05) is 9.25 Å². The fourth-order valence-corrected chi connectivity index (χ4v) is 6.25. The second-order valence-corrected chi connectivity index (χ2v) is 11.7. The van der Waals surface area contributed by atoms with E-state index in [0.717, 1.165) is 43.2 Å². The van der Waals surface area contributed by atoms with E-state index in [0.29, 0.717) is 11.3 Å². The molecule has 5 heterocycles. The van der Waals surface area contributed by atoms with E-state index in [1.54, 1.807) is 6.33 Å². The van der Waals surface area contributed by atoms with Crippen LogP contribution in [-0.4, -0.2) is 86.5 Å². The molecule has 2 atom stereocenters. The van der Waals surface area contributed by atoms with Gasteiger partial charge in [-0.3, -0.25) is 14.5 Å². The molecule has 0 saturated carbocycles. The lowest BCUT2D eigenvalue weighted by atomic mass is 10.0. The number of carbonyl (C=O) groups excluding carboxylic acids is 2. The summed E-state index contributed by atoms with van der Waals surface area (Å²) in [6.45, 7) is 3.56. The molecule has 0 bridgehead atoms. The van der Waals surface area contributed by atoms with E-state index < -0.39 is 46.5 Å². The average Bonchev–Trinajstić information content (AvgIpc) is 3.53. The molecule has 16 nitrogen and oxygen atoms in total. The van der Waals surface area contributed by atoms with E-state index in [9.17, 15) is 29.4 Å². The van der Waals surface area contributed by atoms with Crippen molar-refractivity contribution in [2.45, 2.75) is 63.2 Å². The molecule has 0 spiro atoms. The highest BCUT2D eigenvalue weighted by Gasteiger charge is 2.54. The van der Waals surface area contributed by atoms with E-state index in [2.05, 4.69) is 24.9 Å². The summed E-state index contributed by atoms with van der Waals surface area (Å²) in [5.41, 5.74) is 3.82. The Morgan fingerprint density at radius 3 is 2.77 bits per heavy atom. The number of nitrogens with zero attached hydrogens (tertiary/aromatic N) is 7. The highest BCUT2D eigenvalue weighted by Crippen LogP contribution is 2.40. The monoisotopic (exact) mass is 592 g/mol. The van der Waals surface area contributed by atoms with Gasteiger partial charge in [0, 0.05) is 34.4 Å². The number of oxime groups is 1. The van der Waals surface area contributed by atoms with Gasteiger partial charge in [0.05, 0.1) is 6.54 Å². The number of fused-ring (bicyclic) bond motifs is 2. The summed E-state index contributed by atoms with van der Waals surface area (Å²) in [4.78, 5) is 60.2. The highest BCUT2D eigenvalue weighted by atomic mass is 32.2. The van der Waals surface area contributed by atoms with Gasteiger partial charge in [0.15, 0.2) is 5.13 Å². The van der Waals surface area contributed by atoms with Crippen molar-refractivity contribution >= 4 is 57.9 Å². The van der Waals surface area contributed by atoms with Crippen LogP contribution in [0.25, 0.3) is 0 Å². The number of β-lactam (4-membered cyclic amide) rings is 1. The Kier molecular flexibility index (Phi) is 7.21. The summed E-state index contributed by atoms with van der Waals surface area (Å²) in [6.07, 6.45) is 4.57. The Morgan fingerprint density at radius 1 is 1.32 bits per heavy atom. The maximum absolute atomic E-state index is 13.2. The summed E-state index contributed by atoms with van der Waals surface area (Å²) in [5.74, 6) is -2.98. The van der Waals surface area contributed by atoms with E-state index in [-0.39, 0.29) is 23.2 Å². The lowest BCUT2D eigenvalue weighted by Gasteiger charge is -2.49. The van der Waals surface area contributed by atoms with Gasteiger partial charge in [0.25, 0.3) is 18.1 Å². The number of hydrogen-bond donors (Lipinski definition) is 4. The van der Waals surface area contributed by atoms with Gasteiger partial charge in [-0.1, -0.05) is 5.16 Å². The van der Waals surface area contributed by atoms with Gasteiger partial charge >= 0.3 is 11.9 Å². The molecule has 2 amide bonds. The third-order valence-corrected chi connectivity index (χ3v) is 8.51. The van der Waals surface area contributed by atoms with Crippen LogP contribution in [0.15, 0.2) is 22.8 Å². The SMILES string of the molecule is CC(C)(O/N=C(\C(=O)N[C@@H]1C(=O)N2C(C(=O)O)=C(C[n+]3cnn4c3CCCC4)CS[C@H]12)c1nsc(N)n1)C(=O)O. The van der Waals surface area contributed by atoms with Crippen molar-refractivity contribution in [3.63, 3.8) is 0 Å². The molecule has 2 aromatic heterocycles. The summed E-state index contributed by atoms with van der Waals surface area (Å²) < 4.78 is 7.76.